The van der Waals surface area contributed by atoms with Crippen LogP contribution in [-0.4, -0.2) is 41.7 Å². The van der Waals surface area contributed by atoms with Crippen molar-refractivity contribution in [2.24, 2.45) is 0 Å². The Labute approximate surface area is 166 Å². The summed E-state index contributed by atoms with van der Waals surface area (Å²) in [5, 5.41) is 10.5. The second kappa shape index (κ2) is 9.29. The van der Waals surface area contributed by atoms with Gasteiger partial charge in [-0.1, -0.05) is 12.1 Å². The molecule has 0 unspecified atom stereocenters. The fourth-order valence-electron chi connectivity index (χ4n) is 3.27. The van der Waals surface area contributed by atoms with Crippen LogP contribution in [0, 0.1) is 0 Å². The molecule has 1 aromatic heterocycles. The molecular weight excluding hydrogens is 397 g/mol. The number of nitrogens with one attached hydrogen (secondary N) is 2. The van der Waals surface area contributed by atoms with Gasteiger partial charge in [-0.15, -0.1) is 25.6 Å². The number of hydrogen-bond donors (Lipinski definition) is 2. The summed E-state index contributed by atoms with van der Waals surface area (Å²) in [6.07, 6.45) is 0.538. The minimum atomic E-state index is -4.70. The SMILES string of the molecule is Cl.O=C(NCCc1ccc(OC(F)(F)F)cc1)C1(n2cccn2)CCNCC1. The Morgan fingerprint density at radius 2 is 1.93 bits per heavy atom. The third-order valence-electron chi connectivity index (χ3n) is 4.65. The first-order chi connectivity index (χ1) is 12.9. The lowest BCUT2D eigenvalue weighted by Gasteiger charge is -2.36. The maximum absolute atomic E-state index is 12.9. The summed E-state index contributed by atoms with van der Waals surface area (Å²) in [7, 11) is 0. The average molecular weight is 419 g/mol. The molecule has 1 aliphatic rings. The third-order valence-corrected chi connectivity index (χ3v) is 4.65. The summed E-state index contributed by atoms with van der Waals surface area (Å²) in [5.41, 5.74) is 0.0994. The number of amides is 1. The van der Waals surface area contributed by atoms with E-state index in [9.17, 15) is 18.0 Å². The standard InChI is InChI=1S/C18H21F3N4O2.ClH/c19-18(20,21)27-15-4-2-14(3-5-15)6-10-23-16(26)17(7-11-22-12-8-17)25-13-1-9-24-25;/h1-5,9,13,22H,6-8,10-12H2,(H,23,26);1H. The number of piperidine rings is 1. The largest absolute Gasteiger partial charge is 0.573 e. The summed E-state index contributed by atoms with van der Waals surface area (Å²) in [5.74, 6) is -0.354. The Morgan fingerprint density at radius 3 is 2.50 bits per heavy atom. The van der Waals surface area contributed by atoms with E-state index in [1.54, 1.807) is 35.3 Å². The van der Waals surface area contributed by atoms with Crippen LogP contribution in [0.4, 0.5) is 13.2 Å². The minimum absolute atomic E-state index is 0. The highest BCUT2D eigenvalue weighted by atomic mass is 35.5. The Kier molecular flexibility index (Phi) is 7.31. The van der Waals surface area contributed by atoms with Crippen LogP contribution in [0.1, 0.15) is 18.4 Å². The molecule has 2 N–H and O–H groups in total. The molecular formula is C18H22ClF3N4O2. The van der Waals surface area contributed by atoms with Crippen LogP contribution in [0.3, 0.4) is 0 Å². The summed E-state index contributed by atoms with van der Waals surface area (Å²) in [4.78, 5) is 12.9. The fraction of sp³-hybridized carbons (Fsp3) is 0.444. The minimum Gasteiger partial charge on any atom is -0.406 e. The first-order valence-corrected chi connectivity index (χ1v) is 8.73. The number of benzene rings is 1. The molecule has 2 aromatic rings. The Hall–Kier alpha value is -2.26. The van der Waals surface area contributed by atoms with Gasteiger partial charge in [0.2, 0.25) is 5.91 Å². The van der Waals surface area contributed by atoms with Gasteiger partial charge in [-0.3, -0.25) is 9.48 Å². The number of rotatable bonds is 6. The van der Waals surface area contributed by atoms with E-state index in [1.165, 1.54) is 12.1 Å². The van der Waals surface area contributed by atoms with Crippen molar-refractivity contribution in [2.75, 3.05) is 19.6 Å². The predicted octanol–water partition coefficient (Wildman–Crippen LogP) is 2.64. The van der Waals surface area contributed by atoms with Gasteiger partial charge in [0.1, 0.15) is 11.3 Å². The van der Waals surface area contributed by atoms with Crippen LogP contribution in [0.2, 0.25) is 0 Å². The number of nitrogens with zero attached hydrogens (tertiary/aromatic N) is 2. The van der Waals surface area contributed by atoms with Gasteiger partial charge in [-0.05, 0) is 56.1 Å². The molecule has 0 spiro atoms. The number of carbonyl (C=O) groups is 1. The molecule has 0 radical (unpaired) electrons. The molecule has 154 valence electrons. The topological polar surface area (TPSA) is 68.2 Å². The number of ether oxygens (including phenoxy) is 1. The van der Waals surface area contributed by atoms with E-state index in [4.69, 9.17) is 0 Å². The van der Waals surface area contributed by atoms with Gasteiger partial charge in [-0.2, -0.15) is 5.10 Å². The first kappa shape index (κ1) is 22.0. The van der Waals surface area contributed by atoms with Crippen molar-refractivity contribution >= 4 is 18.3 Å². The van der Waals surface area contributed by atoms with Gasteiger partial charge in [0, 0.05) is 18.9 Å². The molecule has 6 nitrogen and oxygen atoms in total. The van der Waals surface area contributed by atoms with E-state index in [1.807, 2.05) is 0 Å². The van der Waals surface area contributed by atoms with E-state index < -0.39 is 11.9 Å². The smallest absolute Gasteiger partial charge is 0.406 e. The molecule has 3 rings (SSSR count). The van der Waals surface area contributed by atoms with Crippen molar-refractivity contribution in [3.05, 3.63) is 48.3 Å². The lowest BCUT2D eigenvalue weighted by Crippen LogP contribution is -2.54. The molecule has 0 saturated carbocycles. The van der Waals surface area contributed by atoms with Crippen molar-refractivity contribution in [3.63, 3.8) is 0 Å². The summed E-state index contributed by atoms with van der Waals surface area (Å²) in [6.45, 7) is 1.84. The number of hydrogen-bond acceptors (Lipinski definition) is 4. The summed E-state index contributed by atoms with van der Waals surface area (Å²) in [6, 6.07) is 7.44. The van der Waals surface area contributed by atoms with Crippen LogP contribution in [0.25, 0.3) is 0 Å². The molecule has 0 aliphatic carbocycles. The maximum Gasteiger partial charge on any atom is 0.573 e. The molecule has 1 aromatic carbocycles. The van der Waals surface area contributed by atoms with E-state index in [-0.39, 0.29) is 24.1 Å². The van der Waals surface area contributed by atoms with Gasteiger partial charge < -0.3 is 15.4 Å². The molecule has 2 heterocycles. The second-order valence-electron chi connectivity index (χ2n) is 6.43. The lowest BCUT2D eigenvalue weighted by atomic mass is 9.87. The number of halogens is 4. The highest BCUT2D eigenvalue weighted by molar-refractivity contribution is 5.85. The lowest BCUT2D eigenvalue weighted by molar-refractivity contribution is -0.274. The van der Waals surface area contributed by atoms with Gasteiger partial charge >= 0.3 is 6.36 Å². The van der Waals surface area contributed by atoms with Gasteiger partial charge in [-0.25, -0.2) is 0 Å². The Morgan fingerprint density at radius 1 is 1.25 bits per heavy atom. The number of alkyl halides is 3. The molecule has 1 saturated heterocycles. The Balaban J connectivity index is 0.00000280. The highest BCUT2D eigenvalue weighted by Crippen LogP contribution is 2.27. The van der Waals surface area contributed by atoms with Crippen LogP contribution in [0.15, 0.2) is 42.7 Å². The van der Waals surface area contributed by atoms with E-state index in [0.717, 1.165) is 18.7 Å². The second-order valence-corrected chi connectivity index (χ2v) is 6.43. The van der Waals surface area contributed by atoms with Gasteiger partial charge in [0.15, 0.2) is 0 Å². The van der Waals surface area contributed by atoms with Crippen LogP contribution in [0.5, 0.6) is 5.75 Å². The summed E-state index contributed by atoms with van der Waals surface area (Å²) < 4.78 is 42.1. The van der Waals surface area contributed by atoms with E-state index in [0.29, 0.717) is 25.8 Å². The van der Waals surface area contributed by atoms with Crippen LogP contribution in [-0.2, 0) is 16.8 Å². The van der Waals surface area contributed by atoms with Crippen molar-refractivity contribution in [1.82, 2.24) is 20.4 Å². The van der Waals surface area contributed by atoms with Gasteiger partial charge in [0.25, 0.3) is 0 Å². The molecule has 1 amide bonds. The van der Waals surface area contributed by atoms with Crippen molar-refractivity contribution in [3.8, 4) is 5.75 Å². The van der Waals surface area contributed by atoms with Crippen molar-refractivity contribution in [2.45, 2.75) is 31.2 Å². The predicted molar refractivity (Wildman–Crippen MR) is 99.4 cm³/mol. The third kappa shape index (κ3) is 5.39. The quantitative estimate of drug-likeness (QED) is 0.756. The van der Waals surface area contributed by atoms with Crippen molar-refractivity contribution in [1.29, 1.82) is 0 Å². The monoisotopic (exact) mass is 418 g/mol. The van der Waals surface area contributed by atoms with Crippen LogP contribution >= 0.6 is 12.4 Å². The molecule has 1 aliphatic heterocycles. The zero-order valence-corrected chi connectivity index (χ0v) is 15.9. The number of aromatic nitrogens is 2. The van der Waals surface area contributed by atoms with E-state index >= 15 is 0 Å². The molecule has 28 heavy (non-hydrogen) atoms. The highest BCUT2D eigenvalue weighted by Gasteiger charge is 2.41. The van der Waals surface area contributed by atoms with Gasteiger partial charge in [0.05, 0.1) is 0 Å². The normalized spacial score (nSPS) is 16.1. The molecule has 0 atom stereocenters. The average Bonchev–Trinajstić information content (AvgIpc) is 3.17. The van der Waals surface area contributed by atoms with Crippen molar-refractivity contribution < 1.29 is 22.7 Å². The zero-order valence-electron chi connectivity index (χ0n) is 15.0. The summed E-state index contributed by atoms with van der Waals surface area (Å²) >= 11 is 0. The zero-order chi connectivity index (χ0) is 19.3. The van der Waals surface area contributed by atoms with Crippen LogP contribution < -0.4 is 15.4 Å². The molecule has 0 bridgehead atoms. The maximum atomic E-state index is 12.9. The first-order valence-electron chi connectivity index (χ1n) is 8.73. The number of carbonyl (C=O) groups excluding carboxylic acids is 1. The fourth-order valence-corrected chi connectivity index (χ4v) is 3.27. The Bertz CT molecular complexity index is 745. The van der Waals surface area contributed by atoms with E-state index in [2.05, 4.69) is 20.5 Å². The molecule has 10 heteroatoms. The molecule has 1 fully saturated rings.